The van der Waals surface area contributed by atoms with E-state index < -0.39 is 36.9 Å². The largest absolute Gasteiger partial charge is 0.394 e. The smallest absolute Gasteiger partial charge is 0.249 e. The molecule has 0 aliphatic rings. The minimum absolute atomic E-state index is 0.367. The first-order chi connectivity index (χ1) is 23.5. The fourth-order valence-corrected chi connectivity index (χ4v) is 6.58. The lowest BCUT2D eigenvalue weighted by atomic mass is 10.00. The molecule has 0 aromatic carbocycles. The summed E-state index contributed by atoms with van der Waals surface area (Å²) in [5.74, 6) is -0.592. The van der Waals surface area contributed by atoms with Gasteiger partial charge >= 0.3 is 0 Å². The van der Waals surface area contributed by atoms with Crippen molar-refractivity contribution in [2.45, 2.75) is 244 Å². The molecule has 0 saturated carbocycles. The van der Waals surface area contributed by atoms with Gasteiger partial charge < -0.3 is 25.7 Å². The molecule has 6 heteroatoms. The Bertz CT molecular complexity index is 687. The first-order valence-corrected chi connectivity index (χ1v) is 21.1. The van der Waals surface area contributed by atoms with Crippen LogP contribution in [-0.4, -0.2) is 57.3 Å². The maximum absolute atomic E-state index is 12.4. The fourth-order valence-electron chi connectivity index (χ4n) is 6.58. The van der Waals surface area contributed by atoms with Crippen LogP contribution in [0.2, 0.25) is 0 Å². The molecular formula is C42H83NO5. The number of nitrogens with one attached hydrogen (secondary N) is 1. The van der Waals surface area contributed by atoms with Crippen molar-refractivity contribution >= 4 is 5.91 Å². The van der Waals surface area contributed by atoms with E-state index in [2.05, 4.69) is 31.3 Å². The van der Waals surface area contributed by atoms with Gasteiger partial charge in [-0.1, -0.05) is 193 Å². The summed E-state index contributed by atoms with van der Waals surface area (Å²) in [7, 11) is 0. The molecule has 0 spiro atoms. The fraction of sp³-hybridized carbons (Fsp3) is 0.929. The molecule has 0 aromatic heterocycles. The van der Waals surface area contributed by atoms with Crippen molar-refractivity contribution in [3.63, 3.8) is 0 Å². The summed E-state index contributed by atoms with van der Waals surface area (Å²) >= 11 is 0. The van der Waals surface area contributed by atoms with Crippen LogP contribution < -0.4 is 5.32 Å². The molecule has 6 nitrogen and oxygen atoms in total. The van der Waals surface area contributed by atoms with E-state index in [9.17, 15) is 25.2 Å². The highest BCUT2D eigenvalue weighted by atomic mass is 16.3. The molecule has 0 fully saturated rings. The minimum Gasteiger partial charge on any atom is -0.394 e. The van der Waals surface area contributed by atoms with Gasteiger partial charge in [-0.15, -0.1) is 0 Å². The van der Waals surface area contributed by atoms with Crippen molar-refractivity contribution in [3.05, 3.63) is 12.2 Å². The molecule has 4 unspecified atom stereocenters. The Morgan fingerprint density at radius 2 is 0.854 bits per heavy atom. The topological polar surface area (TPSA) is 110 Å². The third kappa shape index (κ3) is 31.1. The number of amides is 1. The summed E-state index contributed by atoms with van der Waals surface area (Å²) in [5.41, 5.74) is 0. The SMILES string of the molecule is CCCCCCCCCCCCCCCCC/C=C/CCCC(O)C(O)C(CO)NC(=O)C(O)CCCCCCCCCCCCCC. The van der Waals surface area contributed by atoms with Crippen LogP contribution >= 0.6 is 0 Å². The first-order valence-electron chi connectivity index (χ1n) is 21.1. The highest BCUT2D eigenvalue weighted by Gasteiger charge is 2.28. The van der Waals surface area contributed by atoms with Gasteiger partial charge in [-0.25, -0.2) is 0 Å². The molecule has 286 valence electrons. The molecule has 5 N–H and O–H groups in total. The molecule has 0 rings (SSSR count). The summed E-state index contributed by atoms with van der Waals surface area (Å²) in [6.45, 7) is 4.03. The van der Waals surface area contributed by atoms with Crippen LogP contribution in [0.3, 0.4) is 0 Å². The summed E-state index contributed by atoms with van der Waals surface area (Å²) < 4.78 is 0. The van der Waals surface area contributed by atoms with Gasteiger partial charge in [0.1, 0.15) is 12.2 Å². The lowest BCUT2D eigenvalue weighted by molar-refractivity contribution is -0.132. The van der Waals surface area contributed by atoms with Crippen LogP contribution in [0.5, 0.6) is 0 Å². The van der Waals surface area contributed by atoms with E-state index in [1.807, 2.05) is 0 Å². The highest BCUT2D eigenvalue weighted by Crippen LogP contribution is 2.16. The van der Waals surface area contributed by atoms with Crippen LogP contribution in [0, 0.1) is 0 Å². The second-order valence-corrected chi connectivity index (χ2v) is 14.7. The maximum Gasteiger partial charge on any atom is 0.249 e. The van der Waals surface area contributed by atoms with Crippen molar-refractivity contribution in [2.24, 2.45) is 0 Å². The van der Waals surface area contributed by atoms with Gasteiger partial charge in [-0.05, 0) is 38.5 Å². The van der Waals surface area contributed by atoms with E-state index in [0.29, 0.717) is 12.8 Å². The lowest BCUT2D eigenvalue weighted by Crippen LogP contribution is -2.53. The Balaban J connectivity index is 3.76. The predicted octanol–water partition coefficient (Wildman–Crippen LogP) is 10.6. The van der Waals surface area contributed by atoms with E-state index in [1.54, 1.807) is 0 Å². The Morgan fingerprint density at radius 1 is 0.500 bits per heavy atom. The van der Waals surface area contributed by atoms with E-state index in [4.69, 9.17) is 0 Å². The van der Waals surface area contributed by atoms with Crippen LogP contribution in [0.4, 0.5) is 0 Å². The second-order valence-electron chi connectivity index (χ2n) is 14.7. The number of hydrogen-bond donors (Lipinski definition) is 5. The molecular weight excluding hydrogens is 598 g/mol. The standard InChI is InChI=1S/C42H83NO5/c1-3-5-7-9-11-13-15-17-18-19-20-21-22-23-24-26-27-29-31-33-35-39(45)41(47)38(37-44)43-42(48)40(46)36-34-32-30-28-25-16-14-12-10-8-6-4-2/h27,29,38-41,44-47H,3-26,28,30-37H2,1-2H3,(H,43,48)/b29-27+. The number of rotatable bonds is 38. The Morgan fingerprint density at radius 3 is 1.25 bits per heavy atom. The van der Waals surface area contributed by atoms with Gasteiger partial charge in [0.15, 0.2) is 0 Å². The molecule has 48 heavy (non-hydrogen) atoms. The number of allylic oxidation sites excluding steroid dienone is 2. The number of aliphatic hydroxyl groups excluding tert-OH is 4. The number of aliphatic hydroxyl groups is 4. The zero-order valence-corrected chi connectivity index (χ0v) is 32.0. The third-order valence-corrected chi connectivity index (χ3v) is 9.98. The van der Waals surface area contributed by atoms with E-state index >= 15 is 0 Å². The zero-order valence-electron chi connectivity index (χ0n) is 32.0. The lowest BCUT2D eigenvalue weighted by Gasteiger charge is -2.27. The van der Waals surface area contributed by atoms with Crippen molar-refractivity contribution in [3.8, 4) is 0 Å². The number of carbonyl (C=O) groups excluding carboxylic acids is 1. The molecule has 0 saturated heterocycles. The monoisotopic (exact) mass is 682 g/mol. The quantitative estimate of drug-likeness (QED) is 0.0329. The molecule has 0 aliphatic carbocycles. The molecule has 0 aliphatic heterocycles. The first kappa shape index (κ1) is 47.0. The molecule has 0 bridgehead atoms. The maximum atomic E-state index is 12.4. The Hall–Kier alpha value is -0.950. The molecule has 4 atom stereocenters. The van der Waals surface area contributed by atoms with E-state index in [1.165, 1.54) is 154 Å². The average Bonchev–Trinajstić information content (AvgIpc) is 3.09. The summed E-state index contributed by atoms with van der Waals surface area (Å²) in [4.78, 5) is 12.4. The van der Waals surface area contributed by atoms with E-state index in [0.717, 1.165) is 38.5 Å². The summed E-state index contributed by atoms with van der Waals surface area (Å²) in [6.07, 6.45) is 39.6. The van der Waals surface area contributed by atoms with Crippen molar-refractivity contribution in [2.75, 3.05) is 6.61 Å². The van der Waals surface area contributed by atoms with Crippen molar-refractivity contribution in [1.29, 1.82) is 0 Å². The second kappa shape index (κ2) is 37.3. The number of unbranched alkanes of at least 4 members (excludes halogenated alkanes) is 27. The Kier molecular flexibility index (Phi) is 36.6. The van der Waals surface area contributed by atoms with Crippen molar-refractivity contribution in [1.82, 2.24) is 5.32 Å². The van der Waals surface area contributed by atoms with Gasteiger partial charge in [0, 0.05) is 0 Å². The summed E-state index contributed by atoms with van der Waals surface area (Å²) in [5, 5.41) is 43.5. The molecule has 0 heterocycles. The normalized spacial score (nSPS) is 14.4. The molecule has 0 aromatic rings. The minimum atomic E-state index is -1.28. The number of hydrogen-bond acceptors (Lipinski definition) is 5. The predicted molar refractivity (Wildman–Crippen MR) is 205 cm³/mol. The van der Waals surface area contributed by atoms with Gasteiger partial charge in [0.05, 0.1) is 18.8 Å². The van der Waals surface area contributed by atoms with Gasteiger partial charge in [0.2, 0.25) is 5.91 Å². The van der Waals surface area contributed by atoms with Gasteiger partial charge in [-0.2, -0.15) is 0 Å². The van der Waals surface area contributed by atoms with Crippen LogP contribution in [-0.2, 0) is 4.79 Å². The van der Waals surface area contributed by atoms with Gasteiger partial charge in [0.25, 0.3) is 0 Å². The number of carbonyl (C=O) groups is 1. The average molecular weight is 682 g/mol. The summed E-state index contributed by atoms with van der Waals surface area (Å²) in [6, 6.07) is -0.996. The Labute approximate surface area is 298 Å². The van der Waals surface area contributed by atoms with Crippen LogP contribution in [0.25, 0.3) is 0 Å². The van der Waals surface area contributed by atoms with Gasteiger partial charge in [-0.3, -0.25) is 4.79 Å². The van der Waals surface area contributed by atoms with Crippen molar-refractivity contribution < 1.29 is 25.2 Å². The third-order valence-electron chi connectivity index (χ3n) is 9.98. The highest BCUT2D eigenvalue weighted by molar-refractivity contribution is 5.80. The molecule has 0 radical (unpaired) electrons. The van der Waals surface area contributed by atoms with Crippen LogP contribution in [0.1, 0.15) is 219 Å². The molecule has 1 amide bonds. The van der Waals surface area contributed by atoms with Crippen LogP contribution in [0.15, 0.2) is 12.2 Å². The zero-order chi connectivity index (χ0) is 35.3. The van der Waals surface area contributed by atoms with E-state index in [-0.39, 0.29) is 0 Å².